The van der Waals surface area contributed by atoms with Crippen LogP contribution in [-0.4, -0.2) is 76.4 Å². The Morgan fingerprint density at radius 1 is 1.09 bits per heavy atom. The minimum atomic E-state index is -4.86. The van der Waals surface area contributed by atoms with Gasteiger partial charge in [-0.25, -0.2) is 4.98 Å². The zero-order chi connectivity index (χ0) is 41.9. The Hall–Kier alpha value is -5.31. The van der Waals surface area contributed by atoms with Crippen LogP contribution < -0.4 is 30.5 Å². The van der Waals surface area contributed by atoms with E-state index in [2.05, 4.69) is 25.8 Å². The van der Waals surface area contributed by atoms with Crippen LogP contribution in [0.2, 0.25) is 5.02 Å². The molecule has 6 rings (SSSR count). The highest BCUT2D eigenvalue weighted by Gasteiger charge is 2.51. The summed E-state index contributed by atoms with van der Waals surface area (Å²) >= 11 is 12.0. The zero-order valence-electron chi connectivity index (χ0n) is 32.0. The fraction of sp³-hybridized carbons (Fsp3) is 0.425. The predicted octanol–water partition coefficient (Wildman–Crippen LogP) is 6.44. The molecule has 3 N–H and O–H groups in total. The number of nitriles is 1. The summed E-state index contributed by atoms with van der Waals surface area (Å²) in [6, 6.07) is 12.0. The SMILES string of the molecule is CCc1cc(N2C(=S)N(c3cnc(C#N)c(C(F)(F)F)c3)C(=O)C2(C)C)ccc1OCCC1CCN(CC(=O)Nc2cc(Cl)cc(NC3CCC(=O)NC3=O)c2)CC1. The number of likely N-dealkylation sites (tertiary alicyclic amines) is 1. The van der Waals surface area contributed by atoms with Crippen LogP contribution in [0, 0.1) is 17.2 Å². The molecule has 2 aromatic carbocycles. The van der Waals surface area contributed by atoms with Gasteiger partial charge in [-0.15, -0.1) is 0 Å². The van der Waals surface area contributed by atoms with E-state index in [-0.39, 0.29) is 35.6 Å². The molecule has 3 saturated heterocycles. The number of imide groups is 1. The van der Waals surface area contributed by atoms with Gasteiger partial charge < -0.3 is 20.3 Å². The van der Waals surface area contributed by atoms with E-state index in [1.54, 1.807) is 49.1 Å². The van der Waals surface area contributed by atoms with Gasteiger partial charge in [-0.2, -0.15) is 18.4 Å². The molecule has 0 spiro atoms. The molecule has 306 valence electrons. The molecule has 4 amide bonds. The second kappa shape index (κ2) is 17.3. The number of hydrogen-bond donors (Lipinski definition) is 3. The van der Waals surface area contributed by atoms with Crippen LogP contribution in [0.15, 0.2) is 48.7 Å². The molecule has 0 bridgehead atoms. The van der Waals surface area contributed by atoms with Crippen molar-refractivity contribution in [3.63, 3.8) is 0 Å². The van der Waals surface area contributed by atoms with Crippen molar-refractivity contribution in [2.24, 2.45) is 5.92 Å². The normalized spacial score (nSPS) is 18.9. The number of aromatic nitrogens is 1. The van der Waals surface area contributed by atoms with E-state index in [1.165, 1.54) is 6.07 Å². The standard InChI is InChI=1S/C40H42ClF3N8O5S/c1-4-24-15-28(52-38(58)51(37(56)39(52,2)3)29-19-30(40(42,43)44)32(20-45)46-21-29)5-7-33(24)57-14-11-23-9-12-50(13-10-23)22-35(54)48-27-17-25(41)16-26(18-27)47-31-6-8-34(53)49-36(31)55/h5,7,15-19,21,23,31,47H,4,6,8-14,22H2,1-3H3,(H,48,54)(H,49,53,55). The van der Waals surface area contributed by atoms with Crippen LogP contribution in [0.25, 0.3) is 0 Å². The van der Waals surface area contributed by atoms with Gasteiger partial charge >= 0.3 is 6.18 Å². The lowest BCUT2D eigenvalue weighted by Crippen LogP contribution is -2.47. The number of ether oxygens (including phenoxy) is 1. The molecule has 3 aromatic rings. The molecular weight excluding hydrogens is 797 g/mol. The van der Waals surface area contributed by atoms with Gasteiger partial charge in [0.1, 0.15) is 23.4 Å². The smallest absolute Gasteiger partial charge is 0.419 e. The minimum absolute atomic E-state index is 0.0212. The number of pyridine rings is 1. The van der Waals surface area contributed by atoms with Crippen molar-refractivity contribution in [2.75, 3.05) is 46.7 Å². The van der Waals surface area contributed by atoms with Gasteiger partial charge in [-0.05, 0) is 125 Å². The molecule has 0 aliphatic carbocycles. The molecule has 58 heavy (non-hydrogen) atoms. The number of thiocarbonyl (C=S) groups is 1. The molecule has 0 saturated carbocycles. The monoisotopic (exact) mass is 838 g/mol. The Morgan fingerprint density at radius 2 is 1.81 bits per heavy atom. The third-order valence-corrected chi connectivity index (χ3v) is 11.1. The molecule has 3 fully saturated rings. The average molecular weight is 839 g/mol. The molecule has 1 unspecified atom stereocenters. The van der Waals surface area contributed by atoms with Crippen molar-refractivity contribution in [3.8, 4) is 11.8 Å². The number of amides is 4. The summed E-state index contributed by atoms with van der Waals surface area (Å²) in [6.45, 7) is 7.39. The van der Waals surface area contributed by atoms with Gasteiger partial charge in [-0.1, -0.05) is 18.5 Å². The number of halogens is 4. The molecule has 4 heterocycles. The third-order valence-electron chi connectivity index (χ3n) is 10.5. The van der Waals surface area contributed by atoms with Crippen LogP contribution >= 0.6 is 23.8 Å². The lowest BCUT2D eigenvalue weighted by Gasteiger charge is -2.31. The molecule has 1 atom stereocenters. The summed E-state index contributed by atoms with van der Waals surface area (Å²) in [7, 11) is 0. The second-order valence-corrected chi connectivity index (χ2v) is 15.7. The maximum absolute atomic E-state index is 13.7. The predicted molar refractivity (Wildman–Crippen MR) is 216 cm³/mol. The lowest BCUT2D eigenvalue weighted by molar-refractivity contribution is -0.138. The number of piperidine rings is 2. The van der Waals surface area contributed by atoms with Gasteiger partial charge in [0.25, 0.3) is 5.91 Å². The van der Waals surface area contributed by atoms with Gasteiger partial charge in [-0.3, -0.25) is 34.3 Å². The molecule has 3 aliphatic heterocycles. The first-order valence-corrected chi connectivity index (χ1v) is 19.6. The number of carbonyl (C=O) groups excluding carboxylic acids is 4. The molecule has 13 nitrogen and oxygen atoms in total. The highest BCUT2D eigenvalue weighted by atomic mass is 35.5. The summed E-state index contributed by atoms with van der Waals surface area (Å²) in [5.74, 6) is -0.377. The molecule has 18 heteroatoms. The van der Waals surface area contributed by atoms with E-state index in [4.69, 9.17) is 33.8 Å². The van der Waals surface area contributed by atoms with Crippen LogP contribution in [0.5, 0.6) is 5.75 Å². The zero-order valence-corrected chi connectivity index (χ0v) is 33.6. The first-order valence-electron chi connectivity index (χ1n) is 18.8. The maximum Gasteiger partial charge on any atom is 0.419 e. The third kappa shape index (κ3) is 9.35. The fourth-order valence-corrected chi connectivity index (χ4v) is 8.17. The van der Waals surface area contributed by atoms with E-state index in [9.17, 15) is 32.3 Å². The number of nitrogens with zero attached hydrogens (tertiary/aromatic N) is 5. The van der Waals surface area contributed by atoms with Crippen molar-refractivity contribution in [1.82, 2.24) is 15.2 Å². The van der Waals surface area contributed by atoms with Crippen molar-refractivity contribution >= 4 is 75.3 Å². The van der Waals surface area contributed by atoms with Gasteiger partial charge in [0.15, 0.2) is 10.8 Å². The van der Waals surface area contributed by atoms with Crippen LogP contribution in [0.3, 0.4) is 0 Å². The van der Waals surface area contributed by atoms with Crippen molar-refractivity contribution in [2.45, 2.75) is 77.1 Å². The number of aryl methyl sites for hydroxylation is 1. The van der Waals surface area contributed by atoms with Crippen LogP contribution in [0.4, 0.5) is 35.9 Å². The Labute approximate surface area is 343 Å². The first kappa shape index (κ1) is 42.3. The Balaban J connectivity index is 1.00. The largest absolute Gasteiger partial charge is 0.493 e. The van der Waals surface area contributed by atoms with Crippen molar-refractivity contribution in [3.05, 3.63) is 70.5 Å². The number of rotatable bonds is 12. The average Bonchev–Trinajstić information content (AvgIpc) is 3.34. The number of anilines is 4. The summed E-state index contributed by atoms with van der Waals surface area (Å²) in [5, 5.41) is 17.8. The van der Waals surface area contributed by atoms with Gasteiger partial charge in [0.2, 0.25) is 17.7 Å². The number of nitrogens with one attached hydrogen (secondary N) is 3. The highest BCUT2D eigenvalue weighted by molar-refractivity contribution is 7.81. The van der Waals surface area contributed by atoms with E-state index in [0.29, 0.717) is 53.2 Å². The first-order chi connectivity index (χ1) is 27.5. The molecule has 0 radical (unpaired) electrons. The summed E-state index contributed by atoms with van der Waals surface area (Å²) in [4.78, 5) is 58.6. The number of hydrogen-bond acceptors (Lipinski definition) is 10. The van der Waals surface area contributed by atoms with E-state index in [0.717, 1.165) is 55.1 Å². The van der Waals surface area contributed by atoms with Crippen LogP contribution in [0.1, 0.15) is 69.7 Å². The lowest BCUT2D eigenvalue weighted by atomic mass is 9.94. The van der Waals surface area contributed by atoms with Gasteiger partial charge in [0.05, 0.1) is 30.6 Å². The Morgan fingerprint density at radius 3 is 2.48 bits per heavy atom. The topological polar surface area (TPSA) is 160 Å². The maximum atomic E-state index is 13.7. The Bertz CT molecular complexity index is 2170. The van der Waals surface area contributed by atoms with Gasteiger partial charge in [0, 0.05) is 28.5 Å². The van der Waals surface area contributed by atoms with Crippen molar-refractivity contribution in [1.29, 1.82) is 5.26 Å². The Kier molecular flexibility index (Phi) is 12.6. The summed E-state index contributed by atoms with van der Waals surface area (Å²) in [5.41, 5.74) is -1.00. The van der Waals surface area contributed by atoms with Crippen LogP contribution in [-0.2, 0) is 31.8 Å². The molecular formula is C40H42ClF3N8O5S. The second-order valence-electron chi connectivity index (χ2n) is 14.9. The quantitative estimate of drug-likeness (QED) is 0.136. The molecule has 3 aliphatic rings. The minimum Gasteiger partial charge on any atom is -0.493 e. The van der Waals surface area contributed by atoms with E-state index in [1.807, 2.05) is 13.0 Å². The fourth-order valence-electron chi connectivity index (χ4n) is 7.41. The summed E-state index contributed by atoms with van der Waals surface area (Å²) < 4.78 is 47.4. The van der Waals surface area contributed by atoms with E-state index < -0.39 is 40.8 Å². The number of carbonyl (C=O) groups is 4. The van der Waals surface area contributed by atoms with E-state index >= 15 is 0 Å². The number of alkyl halides is 3. The summed E-state index contributed by atoms with van der Waals surface area (Å²) in [6.07, 6.45) is -0.0453. The highest BCUT2D eigenvalue weighted by Crippen LogP contribution is 2.40. The molecule has 1 aromatic heterocycles. The number of benzene rings is 2. The van der Waals surface area contributed by atoms with Crippen molar-refractivity contribution < 1.29 is 37.1 Å².